The summed E-state index contributed by atoms with van der Waals surface area (Å²) in [6.07, 6.45) is 12.1. The third-order valence-corrected chi connectivity index (χ3v) is 5.13. The van der Waals surface area contributed by atoms with E-state index in [0.717, 1.165) is 32.4 Å². The molecule has 1 aliphatic carbocycles. The average Bonchev–Trinajstić information content (AvgIpc) is 2.96. The molecule has 23 heavy (non-hydrogen) atoms. The van der Waals surface area contributed by atoms with Crippen LogP contribution in [0.15, 0.2) is 30.9 Å². The molecule has 3 heterocycles. The van der Waals surface area contributed by atoms with Crippen molar-refractivity contribution in [3.8, 4) is 0 Å². The Kier molecular flexibility index (Phi) is 3.67. The molecule has 2 aromatic rings. The number of carbonyl (C=O) groups is 1. The van der Waals surface area contributed by atoms with Crippen LogP contribution in [0, 0.1) is 5.92 Å². The monoisotopic (exact) mass is 313 g/mol. The molecule has 0 bridgehead atoms. The zero-order valence-corrected chi connectivity index (χ0v) is 13.5. The summed E-state index contributed by atoms with van der Waals surface area (Å²) in [6, 6.07) is 2.22. The van der Waals surface area contributed by atoms with Crippen LogP contribution in [0.5, 0.6) is 0 Å². The zero-order valence-electron chi connectivity index (χ0n) is 13.5. The Hall–Kier alpha value is -2.11. The van der Waals surface area contributed by atoms with E-state index in [1.165, 1.54) is 12.0 Å². The van der Waals surface area contributed by atoms with E-state index in [1.807, 2.05) is 41.1 Å². The number of aryl methyl sites for hydroxylation is 1. The number of hydrogen-bond acceptors (Lipinski definition) is 3. The summed E-state index contributed by atoms with van der Waals surface area (Å²) in [7, 11) is 1.92. The fraction of sp³-hybridized carbons (Fsp3) is 0.588. The molecule has 0 spiro atoms. The first kappa shape index (κ1) is 14.5. The first-order valence-electron chi connectivity index (χ1n) is 8.49. The summed E-state index contributed by atoms with van der Waals surface area (Å²) in [6.45, 7) is 1.70. The van der Waals surface area contributed by atoms with Crippen LogP contribution in [0.25, 0.3) is 0 Å². The fourth-order valence-electron chi connectivity index (χ4n) is 3.79. The Morgan fingerprint density at radius 1 is 1.35 bits per heavy atom. The van der Waals surface area contributed by atoms with Crippen molar-refractivity contribution >= 4 is 5.91 Å². The molecule has 0 unspecified atom stereocenters. The molecule has 3 atom stereocenters. The molecule has 2 aromatic heterocycles. The topological polar surface area (TPSA) is 56.0 Å². The van der Waals surface area contributed by atoms with Crippen molar-refractivity contribution in [2.45, 2.75) is 44.2 Å². The highest BCUT2D eigenvalue weighted by molar-refractivity contribution is 5.83. The van der Waals surface area contributed by atoms with Gasteiger partial charge in [0.15, 0.2) is 0 Å². The third kappa shape index (κ3) is 2.90. The maximum Gasteiger partial charge on any atom is 0.226 e. The van der Waals surface area contributed by atoms with Gasteiger partial charge in [0.1, 0.15) is 0 Å². The van der Waals surface area contributed by atoms with Crippen LogP contribution < -0.4 is 0 Å². The molecule has 1 saturated carbocycles. The number of amides is 1. The van der Waals surface area contributed by atoms with Crippen LogP contribution in [0.2, 0.25) is 0 Å². The predicted octanol–water partition coefficient (Wildman–Crippen LogP) is 1.80. The van der Waals surface area contributed by atoms with Crippen molar-refractivity contribution in [3.05, 3.63) is 36.4 Å². The van der Waals surface area contributed by atoms with Crippen LogP contribution in [-0.4, -0.2) is 43.0 Å². The molecule has 0 aromatic carbocycles. The van der Waals surface area contributed by atoms with Crippen molar-refractivity contribution in [2.75, 3.05) is 6.54 Å². The number of likely N-dealkylation sites (tertiary alicyclic amines) is 1. The summed E-state index contributed by atoms with van der Waals surface area (Å²) in [5.74, 6) is 0.844. The number of nitrogens with zero attached hydrogens (tertiary/aromatic N) is 5. The van der Waals surface area contributed by atoms with Gasteiger partial charge in [-0.1, -0.05) is 0 Å². The minimum Gasteiger partial charge on any atom is -0.338 e. The third-order valence-electron chi connectivity index (χ3n) is 5.13. The molecule has 1 saturated heterocycles. The maximum atomic E-state index is 13.0. The lowest BCUT2D eigenvalue weighted by Gasteiger charge is -2.36. The van der Waals surface area contributed by atoms with Gasteiger partial charge in [-0.3, -0.25) is 14.2 Å². The van der Waals surface area contributed by atoms with Crippen molar-refractivity contribution in [1.82, 2.24) is 24.5 Å². The van der Waals surface area contributed by atoms with E-state index in [9.17, 15) is 4.79 Å². The second kappa shape index (κ2) is 5.83. The first-order chi connectivity index (χ1) is 11.2. The second-order valence-corrected chi connectivity index (χ2v) is 6.81. The molecule has 2 aliphatic rings. The fourth-order valence-corrected chi connectivity index (χ4v) is 3.79. The highest BCUT2D eigenvalue weighted by Gasteiger charge is 2.47. The van der Waals surface area contributed by atoms with E-state index in [4.69, 9.17) is 0 Å². The molecule has 2 fully saturated rings. The average molecular weight is 313 g/mol. The lowest BCUT2D eigenvalue weighted by atomic mass is 10.0. The van der Waals surface area contributed by atoms with Gasteiger partial charge >= 0.3 is 0 Å². The highest BCUT2D eigenvalue weighted by atomic mass is 16.2. The Bertz CT molecular complexity index is 677. The van der Waals surface area contributed by atoms with Crippen LogP contribution in [0.4, 0.5) is 0 Å². The molecular weight excluding hydrogens is 290 g/mol. The van der Waals surface area contributed by atoms with Crippen LogP contribution in [0.1, 0.15) is 37.2 Å². The Morgan fingerprint density at radius 3 is 3.00 bits per heavy atom. The van der Waals surface area contributed by atoms with Crippen molar-refractivity contribution in [1.29, 1.82) is 0 Å². The second-order valence-electron chi connectivity index (χ2n) is 6.81. The molecular formula is C17H23N5O. The minimum absolute atomic E-state index is 0.150. The van der Waals surface area contributed by atoms with E-state index < -0.39 is 0 Å². The SMILES string of the molecule is Cn1cc([C@@H]2C[C@H]2C(=O)N2CCCC[C@H]2Cn2cccn2)cn1. The van der Waals surface area contributed by atoms with E-state index in [-0.39, 0.29) is 12.0 Å². The summed E-state index contributed by atoms with van der Waals surface area (Å²) in [4.78, 5) is 15.1. The van der Waals surface area contributed by atoms with E-state index >= 15 is 0 Å². The van der Waals surface area contributed by atoms with Crippen LogP contribution in [0.3, 0.4) is 0 Å². The molecule has 122 valence electrons. The molecule has 6 heteroatoms. The number of piperidine rings is 1. The lowest BCUT2D eigenvalue weighted by molar-refractivity contribution is -0.136. The van der Waals surface area contributed by atoms with Gasteiger partial charge in [0.2, 0.25) is 5.91 Å². The van der Waals surface area contributed by atoms with Crippen LogP contribution >= 0.6 is 0 Å². The number of hydrogen-bond donors (Lipinski definition) is 0. The Morgan fingerprint density at radius 2 is 2.26 bits per heavy atom. The highest BCUT2D eigenvalue weighted by Crippen LogP contribution is 2.48. The smallest absolute Gasteiger partial charge is 0.226 e. The molecule has 4 rings (SSSR count). The largest absolute Gasteiger partial charge is 0.338 e. The van der Waals surface area contributed by atoms with Gasteiger partial charge in [0.05, 0.1) is 18.8 Å². The molecule has 1 amide bonds. The van der Waals surface area contributed by atoms with E-state index in [0.29, 0.717) is 11.8 Å². The maximum absolute atomic E-state index is 13.0. The van der Waals surface area contributed by atoms with Gasteiger partial charge in [0, 0.05) is 38.1 Å². The van der Waals surface area contributed by atoms with Crippen LogP contribution in [-0.2, 0) is 18.4 Å². The van der Waals surface area contributed by atoms with Gasteiger partial charge in [-0.2, -0.15) is 10.2 Å². The van der Waals surface area contributed by atoms with Gasteiger partial charge in [-0.05, 0) is 43.2 Å². The number of rotatable bonds is 4. The number of carbonyl (C=O) groups excluding carboxylic acids is 1. The molecule has 6 nitrogen and oxygen atoms in total. The minimum atomic E-state index is 0.150. The van der Waals surface area contributed by atoms with Crippen molar-refractivity contribution in [3.63, 3.8) is 0 Å². The van der Waals surface area contributed by atoms with E-state index in [2.05, 4.69) is 15.1 Å². The summed E-state index contributed by atoms with van der Waals surface area (Å²) < 4.78 is 3.76. The summed E-state index contributed by atoms with van der Waals surface area (Å²) >= 11 is 0. The van der Waals surface area contributed by atoms with Gasteiger partial charge in [-0.15, -0.1) is 0 Å². The zero-order chi connectivity index (χ0) is 15.8. The molecule has 0 radical (unpaired) electrons. The van der Waals surface area contributed by atoms with Crippen molar-refractivity contribution < 1.29 is 4.79 Å². The lowest BCUT2D eigenvalue weighted by Crippen LogP contribution is -2.46. The summed E-state index contributed by atoms with van der Waals surface area (Å²) in [5, 5.41) is 8.53. The Labute approximate surface area is 136 Å². The van der Waals surface area contributed by atoms with Gasteiger partial charge < -0.3 is 4.90 Å². The summed E-state index contributed by atoms with van der Waals surface area (Å²) in [5.41, 5.74) is 1.20. The normalized spacial score (nSPS) is 27.2. The quantitative estimate of drug-likeness (QED) is 0.865. The van der Waals surface area contributed by atoms with Gasteiger partial charge in [0.25, 0.3) is 0 Å². The Balaban J connectivity index is 1.44. The molecule has 1 aliphatic heterocycles. The number of aromatic nitrogens is 4. The molecule has 0 N–H and O–H groups in total. The van der Waals surface area contributed by atoms with E-state index in [1.54, 1.807) is 6.20 Å². The van der Waals surface area contributed by atoms with Crippen molar-refractivity contribution in [2.24, 2.45) is 13.0 Å². The predicted molar refractivity (Wildman–Crippen MR) is 85.6 cm³/mol. The first-order valence-corrected chi connectivity index (χ1v) is 8.49. The van der Waals surface area contributed by atoms with Gasteiger partial charge in [-0.25, -0.2) is 0 Å². The standard InChI is InChI=1S/C17H23N5O/c1-20-11-13(10-19-20)15-9-16(15)17(23)22-8-3-2-5-14(22)12-21-7-4-6-18-21/h4,6-7,10-11,14-16H,2-3,5,8-9,12H2,1H3/t14-,15-,16+/m0/s1.